The van der Waals surface area contributed by atoms with E-state index in [-0.39, 0.29) is 40.5 Å². The first kappa shape index (κ1) is 29.4. The molecule has 1 amide bonds. The highest BCUT2D eigenvalue weighted by molar-refractivity contribution is 7.86. The second-order valence-electron chi connectivity index (χ2n) is 11.1. The molecule has 224 valence electrons. The summed E-state index contributed by atoms with van der Waals surface area (Å²) < 4.78 is 38.9. The Hall–Kier alpha value is -4.69. The summed E-state index contributed by atoms with van der Waals surface area (Å²) in [6.45, 7) is 1.02. The van der Waals surface area contributed by atoms with Gasteiger partial charge < -0.3 is 20.2 Å². The molecule has 44 heavy (non-hydrogen) atoms. The molecule has 3 heterocycles. The number of likely N-dealkylation sites (tertiary alicyclic amines) is 1. The fourth-order valence-electron chi connectivity index (χ4n) is 6.17. The number of benzene rings is 3. The number of nitrogens with one attached hydrogen (secondary N) is 1. The third-order valence-electron chi connectivity index (χ3n) is 8.72. The van der Waals surface area contributed by atoms with Crippen molar-refractivity contribution >= 4 is 27.6 Å². The van der Waals surface area contributed by atoms with E-state index in [0.717, 1.165) is 22.4 Å². The molecule has 1 spiro atoms. The Labute approximate surface area is 256 Å². The van der Waals surface area contributed by atoms with Crippen molar-refractivity contribution in [3.05, 3.63) is 119 Å². The van der Waals surface area contributed by atoms with Crippen molar-refractivity contribution in [1.29, 1.82) is 0 Å². The molecule has 0 aliphatic carbocycles. The molecule has 0 unspecified atom stereocenters. The molecule has 3 aromatic carbocycles. The van der Waals surface area contributed by atoms with Gasteiger partial charge in [0.25, 0.3) is 0 Å². The molecule has 3 N–H and O–H groups in total. The van der Waals surface area contributed by atoms with Crippen LogP contribution < -0.4 is 11.1 Å². The minimum Gasteiger partial charge on any atom is -0.465 e. The van der Waals surface area contributed by atoms with Crippen LogP contribution in [-0.2, 0) is 26.7 Å². The summed E-state index contributed by atoms with van der Waals surface area (Å²) in [5.41, 5.74) is 9.50. The molecule has 1 aromatic heterocycles. The Morgan fingerprint density at radius 1 is 0.977 bits per heavy atom. The van der Waals surface area contributed by atoms with E-state index in [1.165, 1.54) is 37.4 Å². The standard InChI is InChI=1S/C34H32N3O6S/c1-42-33(39)26-8-5-9-28(21-26)44(40,41)37(32(38)31-15-13-27(43-31)12-10-24-6-3-2-4-7-24)18-16-34(17-19-37)23-36-30-14-11-25(22-35)20-29(30)34/h2-9,11,13-15,20-21,36H,16-19,22-23,35H2,1H3/q+1. The fraction of sp³-hybridized carbons (Fsp3) is 0.235. The van der Waals surface area contributed by atoms with Crippen LogP contribution in [0.3, 0.4) is 0 Å². The van der Waals surface area contributed by atoms with E-state index in [0.29, 0.717) is 25.9 Å². The lowest BCUT2D eigenvalue weighted by atomic mass is 9.74. The number of methoxy groups -OCH3 is 1. The number of piperidine rings is 1. The number of nitrogens with zero attached hydrogens (tertiary/aromatic N) is 1. The molecular weight excluding hydrogens is 578 g/mol. The Bertz CT molecular complexity index is 1910. The Kier molecular flexibility index (Phi) is 7.63. The molecule has 9 nitrogen and oxygen atoms in total. The number of furan rings is 1. The highest BCUT2D eigenvalue weighted by Gasteiger charge is 2.58. The van der Waals surface area contributed by atoms with Crippen LogP contribution in [0, 0.1) is 11.8 Å². The Morgan fingerprint density at radius 2 is 1.75 bits per heavy atom. The van der Waals surface area contributed by atoms with Gasteiger partial charge in [-0.15, -0.1) is 3.89 Å². The van der Waals surface area contributed by atoms with Gasteiger partial charge in [-0.25, -0.2) is 9.59 Å². The summed E-state index contributed by atoms with van der Waals surface area (Å²) in [6.07, 6.45) is 0.841. The van der Waals surface area contributed by atoms with Gasteiger partial charge >= 0.3 is 21.9 Å². The number of nitrogens with two attached hydrogens (primary N) is 1. The number of fused-ring (bicyclic) bond motifs is 2. The lowest BCUT2D eigenvalue weighted by molar-refractivity contribution is -0.730. The minimum atomic E-state index is -4.37. The minimum absolute atomic E-state index is 0.00329. The van der Waals surface area contributed by atoms with Crippen molar-refractivity contribution in [2.45, 2.75) is 29.7 Å². The number of anilines is 1. The number of hydrogen-bond donors (Lipinski definition) is 2. The predicted octanol–water partition coefficient (Wildman–Crippen LogP) is 4.43. The van der Waals surface area contributed by atoms with Crippen LogP contribution in [0.25, 0.3) is 0 Å². The molecular formula is C34H32N3O6S+. The van der Waals surface area contributed by atoms with Crippen LogP contribution in [0.1, 0.15) is 56.2 Å². The summed E-state index contributed by atoms with van der Waals surface area (Å²) in [7, 11) is -3.15. The molecule has 4 aromatic rings. The van der Waals surface area contributed by atoms with E-state index in [4.69, 9.17) is 14.9 Å². The van der Waals surface area contributed by atoms with Gasteiger partial charge in [0.1, 0.15) is 18.0 Å². The first-order chi connectivity index (χ1) is 21.2. The summed E-state index contributed by atoms with van der Waals surface area (Å²) in [4.78, 5) is 26.5. The number of carbonyl (C=O) groups excluding carboxylic acids is 2. The molecule has 0 saturated carbocycles. The topological polar surface area (TPSA) is 129 Å². The third kappa shape index (κ3) is 4.99. The SMILES string of the molecule is COC(=O)c1cccc(S(=O)(=O)[N+]2(C(=O)c3ccc(C#Cc4ccccc4)o3)CCC3(CC2)CNc2ccc(CN)cc23)c1. The number of quaternary nitrogens is 1. The van der Waals surface area contributed by atoms with Gasteiger partial charge in [0.2, 0.25) is 5.76 Å². The fourth-order valence-corrected chi connectivity index (χ4v) is 8.08. The third-order valence-corrected chi connectivity index (χ3v) is 11.0. The average molecular weight is 611 g/mol. The first-order valence-electron chi connectivity index (χ1n) is 14.3. The largest absolute Gasteiger partial charge is 0.465 e. The van der Waals surface area contributed by atoms with E-state index in [2.05, 4.69) is 23.2 Å². The quantitative estimate of drug-likeness (QED) is 0.193. The van der Waals surface area contributed by atoms with Crippen molar-refractivity contribution in [1.82, 2.24) is 0 Å². The van der Waals surface area contributed by atoms with Crippen LogP contribution in [0.4, 0.5) is 5.69 Å². The maximum absolute atomic E-state index is 14.6. The summed E-state index contributed by atoms with van der Waals surface area (Å²) in [5.74, 6) is 4.71. The smallest absolute Gasteiger partial charge is 0.396 e. The monoisotopic (exact) mass is 610 g/mol. The van der Waals surface area contributed by atoms with E-state index in [9.17, 15) is 18.0 Å². The number of carbonyl (C=O) groups is 2. The molecule has 6 rings (SSSR count). The Balaban J connectivity index is 1.40. The van der Waals surface area contributed by atoms with E-state index in [1.54, 1.807) is 6.07 Å². The number of hydrogen-bond acceptors (Lipinski definition) is 8. The predicted molar refractivity (Wildman–Crippen MR) is 164 cm³/mol. The van der Waals surface area contributed by atoms with Crippen molar-refractivity contribution < 1.29 is 31.0 Å². The number of sulfonamides is 1. The average Bonchev–Trinajstić information content (AvgIpc) is 3.69. The van der Waals surface area contributed by atoms with Crippen LogP contribution in [0.2, 0.25) is 0 Å². The number of amides is 1. The van der Waals surface area contributed by atoms with Gasteiger partial charge in [-0.2, -0.15) is 8.42 Å². The van der Waals surface area contributed by atoms with Crippen LogP contribution >= 0.6 is 0 Å². The summed E-state index contributed by atoms with van der Waals surface area (Å²) in [6, 6.07) is 24.1. The van der Waals surface area contributed by atoms with Crippen molar-refractivity contribution in [3.8, 4) is 11.8 Å². The highest BCUT2D eigenvalue weighted by atomic mass is 32.2. The van der Waals surface area contributed by atoms with Crippen LogP contribution in [0.5, 0.6) is 0 Å². The van der Waals surface area contributed by atoms with E-state index >= 15 is 0 Å². The zero-order valence-electron chi connectivity index (χ0n) is 24.2. The van der Waals surface area contributed by atoms with Gasteiger partial charge in [-0.1, -0.05) is 42.3 Å². The molecule has 2 aliphatic heterocycles. The van der Waals surface area contributed by atoms with Gasteiger partial charge in [0.05, 0.1) is 12.7 Å². The Morgan fingerprint density at radius 3 is 2.48 bits per heavy atom. The second-order valence-corrected chi connectivity index (χ2v) is 13.3. The molecule has 0 radical (unpaired) electrons. The number of rotatable bonds is 5. The van der Waals surface area contributed by atoms with E-state index in [1.807, 2.05) is 42.5 Å². The van der Waals surface area contributed by atoms with Crippen molar-refractivity contribution in [2.24, 2.45) is 5.73 Å². The molecule has 0 atom stereocenters. The molecule has 1 saturated heterocycles. The van der Waals surface area contributed by atoms with Crippen molar-refractivity contribution in [3.63, 3.8) is 0 Å². The highest BCUT2D eigenvalue weighted by Crippen LogP contribution is 2.47. The molecule has 1 fully saturated rings. The van der Waals surface area contributed by atoms with Gasteiger partial charge in [-0.3, -0.25) is 0 Å². The van der Waals surface area contributed by atoms with Gasteiger partial charge in [0.15, 0.2) is 5.76 Å². The van der Waals surface area contributed by atoms with Gasteiger partial charge in [0, 0.05) is 42.6 Å². The van der Waals surface area contributed by atoms with E-state index < -0.39 is 25.8 Å². The number of esters is 1. The van der Waals surface area contributed by atoms with Crippen molar-refractivity contribution in [2.75, 3.05) is 32.1 Å². The lowest BCUT2D eigenvalue weighted by Crippen LogP contribution is -2.62. The summed E-state index contributed by atoms with van der Waals surface area (Å²) >= 11 is 0. The molecule has 0 bridgehead atoms. The number of ether oxygens (including phenoxy) is 1. The van der Waals surface area contributed by atoms with Gasteiger partial charge in [-0.05, 0) is 65.6 Å². The zero-order valence-corrected chi connectivity index (χ0v) is 25.0. The zero-order chi connectivity index (χ0) is 31.0. The first-order valence-corrected chi connectivity index (χ1v) is 15.8. The molecule has 10 heteroatoms. The maximum atomic E-state index is 14.6. The maximum Gasteiger partial charge on any atom is 0.396 e. The molecule has 2 aliphatic rings. The van der Waals surface area contributed by atoms with Crippen LogP contribution in [-0.4, -0.2) is 50.9 Å². The van der Waals surface area contributed by atoms with Crippen LogP contribution in [0.15, 0.2) is 94.2 Å². The summed E-state index contributed by atoms with van der Waals surface area (Å²) in [5, 5.41) is 3.46. The normalized spacial score (nSPS) is 20.7. The lowest BCUT2D eigenvalue weighted by Gasteiger charge is -2.43. The second kappa shape index (κ2) is 11.4.